The van der Waals surface area contributed by atoms with E-state index in [2.05, 4.69) is 9.47 Å². The van der Waals surface area contributed by atoms with E-state index >= 15 is 0 Å². The Hall–Kier alpha value is -0.710. The van der Waals surface area contributed by atoms with E-state index in [1.807, 2.05) is 0 Å². The van der Waals surface area contributed by atoms with Crippen molar-refractivity contribution in [3.05, 3.63) is 0 Å². The number of methoxy groups -OCH3 is 1. The first-order valence-corrected chi connectivity index (χ1v) is 3.59. The molecule has 0 aromatic rings. The molecule has 0 fully saturated rings. The molecule has 0 unspecified atom stereocenters. The highest BCUT2D eigenvalue weighted by Crippen LogP contribution is 2.00. The highest BCUT2D eigenvalue weighted by atomic mass is 19.3. The summed E-state index contributed by atoms with van der Waals surface area (Å²) in [5.74, 6) is -0.860. The van der Waals surface area contributed by atoms with Crippen LogP contribution in [0.2, 0.25) is 0 Å². The van der Waals surface area contributed by atoms with E-state index in [1.165, 1.54) is 7.11 Å². The van der Waals surface area contributed by atoms with Gasteiger partial charge in [-0.3, -0.25) is 4.79 Å². The van der Waals surface area contributed by atoms with Crippen LogP contribution in [-0.4, -0.2) is 32.7 Å². The number of esters is 1. The van der Waals surface area contributed by atoms with Crippen LogP contribution in [-0.2, 0) is 14.3 Å². The van der Waals surface area contributed by atoms with Gasteiger partial charge in [0, 0.05) is 20.1 Å². The summed E-state index contributed by atoms with van der Waals surface area (Å²) in [4.78, 5) is 10.5. The molecule has 0 saturated carbocycles. The molecule has 72 valence electrons. The van der Waals surface area contributed by atoms with Crippen molar-refractivity contribution in [2.75, 3.05) is 20.3 Å². The van der Waals surface area contributed by atoms with Crippen molar-refractivity contribution in [3.8, 4) is 0 Å². The topological polar surface area (TPSA) is 35.5 Å². The van der Waals surface area contributed by atoms with Gasteiger partial charge in [-0.05, 0) is 0 Å². The molecular formula is C7H12F2O3. The van der Waals surface area contributed by atoms with Crippen LogP contribution < -0.4 is 0 Å². The molecule has 0 rings (SSSR count). The molecule has 0 N–H and O–H groups in total. The SMILES string of the molecule is COCCCOC(=O)CC(F)F. The molecule has 3 nitrogen and oxygen atoms in total. The van der Waals surface area contributed by atoms with Crippen LogP contribution in [0, 0.1) is 0 Å². The van der Waals surface area contributed by atoms with E-state index in [-0.39, 0.29) is 6.61 Å². The monoisotopic (exact) mass is 182 g/mol. The fourth-order valence-corrected chi connectivity index (χ4v) is 0.574. The largest absolute Gasteiger partial charge is 0.465 e. The Balaban J connectivity index is 3.20. The van der Waals surface area contributed by atoms with E-state index in [0.717, 1.165) is 0 Å². The molecule has 0 aliphatic heterocycles. The number of ether oxygens (including phenoxy) is 2. The molecule has 0 saturated heterocycles. The van der Waals surface area contributed by atoms with Gasteiger partial charge >= 0.3 is 5.97 Å². The summed E-state index contributed by atoms with van der Waals surface area (Å²) >= 11 is 0. The molecule has 0 atom stereocenters. The van der Waals surface area contributed by atoms with Gasteiger partial charge < -0.3 is 9.47 Å². The smallest absolute Gasteiger partial charge is 0.311 e. The molecule has 12 heavy (non-hydrogen) atoms. The zero-order chi connectivity index (χ0) is 9.40. The van der Waals surface area contributed by atoms with Gasteiger partial charge in [0.1, 0.15) is 6.42 Å². The maximum absolute atomic E-state index is 11.5. The first-order valence-electron chi connectivity index (χ1n) is 3.59. The summed E-state index contributed by atoms with van der Waals surface area (Å²) in [6.07, 6.45) is -2.92. The van der Waals surface area contributed by atoms with E-state index < -0.39 is 18.8 Å². The van der Waals surface area contributed by atoms with Crippen molar-refractivity contribution in [3.63, 3.8) is 0 Å². The van der Waals surface area contributed by atoms with E-state index in [0.29, 0.717) is 13.0 Å². The van der Waals surface area contributed by atoms with Crippen molar-refractivity contribution in [1.29, 1.82) is 0 Å². The first kappa shape index (κ1) is 11.3. The van der Waals surface area contributed by atoms with Crippen LogP contribution in [0.3, 0.4) is 0 Å². The fraction of sp³-hybridized carbons (Fsp3) is 0.857. The molecule has 0 radical (unpaired) electrons. The van der Waals surface area contributed by atoms with E-state index in [9.17, 15) is 13.6 Å². The predicted molar refractivity (Wildman–Crippen MR) is 38.1 cm³/mol. The third-order valence-electron chi connectivity index (χ3n) is 1.08. The van der Waals surface area contributed by atoms with Gasteiger partial charge in [0.2, 0.25) is 6.43 Å². The molecule has 5 heteroatoms. The van der Waals surface area contributed by atoms with Crippen molar-refractivity contribution in [1.82, 2.24) is 0 Å². The third kappa shape index (κ3) is 7.40. The highest BCUT2D eigenvalue weighted by molar-refractivity contribution is 5.69. The lowest BCUT2D eigenvalue weighted by Crippen LogP contribution is -2.10. The Kier molecular flexibility index (Phi) is 6.55. The molecule has 0 aliphatic carbocycles. The Morgan fingerprint density at radius 3 is 2.58 bits per heavy atom. The van der Waals surface area contributed by atoms with Crippen LogP contribution in [0.1, 0.15) is 12.8 Å². The maximum Gasteiger partial charge on any atom is 0.311 e. The lowest BCUT2D eigenvalue weighted by Gasteiger charge is -2.02. The molecule has 0 amide bonds. The van der Waals surface area contributed by atoms with Gasteiger partial charge in [-0.15, -0.1) is 0 Å². The molecule has 0 spiro atoms. The van der Waals surface area contributed by atoms with Gasteiger partial charge in [0.05, 0.1) is 6.61 Å². The van der Waals surface area contributed by atoms with Gasteiger partial charge in [-0.2, -0.15) is 0 Å². The van der Waals surface area contributed by atoms with Crippen LogP contribution in [0.15, 0.2) is 0 Å². The van der Waals surface area contributed by atoms with Crippen molar-refractivity contribution in [2.45, 2.75) is 19.3 Å². The van der Waals surface area contributed by atoms with Crippen LogP contribution in [0.4, 0.5) is 8.78 Å². The lowest BCUT2D eigenvalue weighted by molar-refractivity contribution is -0.146. The molecule has 0 aromatic heterocycles. The van der Waals surface area contributed by atoms with E-state index in [1.54, 1.807) is 0 Å². The van der Waals surface area contributed by atoms with Gasteiger partial charge in [-0.25, -0.2) is 8.78 Å². The number of carbonyl (C=O) groups is 1. The minimum atomic E-state index is -2.63. The number of alkyl halides is 2. The molecule has 0 bridgehead atoms. The second kappa shape index (κ2) is 6.97. The summed E-state index contributed by atoms with van der Waals surface area (Å²) < 4.78 is 32.2. The number of hydrogen-bond donors (Lipinski definition) is 0. The Morgan fingerprint density at radius 2 is 2.08 bits per heavy atom. The number of carbonyl (C=O) groups excluding carboxylic acids is 1. The summed E-state index contributed by atoms with van der Waals surface area (Å²) in [6, 6.07) is 0. The van der Waals surface area contributed by atoms with Crippen molar-refractivity contribution < 1.29 is 23.0 Å². The predicted octanol–water partition coefficient (Wildman–Crippen LogP) is 1.22. The molecule has 0 aliphatic rings. The number of hydrogen-bond acceptors (Lipinski definition) is 3. The standard InChI is InChI=1S/C7H12F2O3/c1-11-3-2-4-12-7(10)5-6(8)9/h6H,2-5H2,1H3. The summed E-state index contributed by atoms with van der Waals surface area (Å²) in [6.45, 7) is 0.599. The summed E-state index contributed by atoms with van der Waals surface area (Å²) in [7, 11) is 1.51. The van der Waals surface area contributed by atoms with Gasteiger partial charge in [0.25, 0.3) is 0 Å². The zero-order valence-electron chi connectivity index (χ0n) is 6.89. The third-order valence-corrected chi connectivity index (χ3v) is 1.08. The number of halogens is 2. The Labute approximate surface area is 69.6 Å². The first-order chi connectivity index (χ1) is 5.66. The average molecular weight is 182 g/mol. The Bertz CT molecular complexity index is 128. The Morgan fingerprint density at radius 1 is 1.42 bits per heavy atom. The summed E-state index contributed by atoms with van der Waals surface area (Å²) in [5.41, 5.74) is 0. The van der Waals surface area contributed by atoms with Crippen molar-refractivity contribution in [2.24, 2.45) is 0 Å². The minimum absolute atomic E-state index is 0.138. The molecular weight excluding hydrogens is 170 g/mol. The fourth-order valence-electron chi connectivity index (χ4n) is 0.574. The molecule has 0 aromatic carbocycles. The van der Waals surface area contributed by atoms with Gasteiger partial charge in [-0.1, -0.05) is 0 Å². The van der Waals surface area contributed by atoms with E-state index in [4.69, 9.17) is 0 Å². The number of rotatable bonds is 6. The highest BCUT2D eigenvalue weighted by Gasteiger charge is 2.10. The normalized spacial score (nSPS) is 10.3. The van der Waals surface area contributed by atoms with Crippen LogP contribution in [0.25, 0.3) is 0 Å². The second-order valence-electron chi connectivity index (χ2n) is 2.16. The lowest BCUT2D eigenvalue weighted by atomic mass is 10.4. The van der Waals surface area contributed by atoms with Crippen molar-refractivity contribution >= 4 is 5.97 Å². The maximum atomic E-state index is 11.5. The minimum Gasteiger partial charge on any atom is -0.465 e. The molecule has 0 heterocycles. The average Bonchev–Trinajstić information content (AvgIpc) is 1.97. The summed E-state index contributed by atoms with van der Waals surface area (Å²) in [5, 5.41) is 0. The van der Waals surface area contributed by atoms with Crippen LogP contribution in [0.5, 0.6) is 0 Å². The second-order valence-corrected chi connectivity index (χ2v) is 2.16. The van der Waals surface area contributed by atoms with Crippen LogP contribution >= 0.6 is 0 Å². The van der Waals surface area contributed by atoms with Gasteiger partial charge in [0.15, 0.2) is 0 Å². The quantitative estimate of drug-likeness (QED) is 0.457. The zero-order valence-corrected chi connectivity index (χ0v) is 6.89.